The Labute approximate surface area is 107 Å². The summed E-state index contributed by atoms with van der Waals surface area (Å²) < 4.78 is 10.7. The van der Waals surface area contributed by atoms with Gasteiger partial charge in [-0.2, -0.15) is 0 Å². The first-order chi connectivity index (χ1) is 8.74. The van der Waals surface area contributed by atoms with Crippen molar-refractivity contribution in [2.75, 3.05) is 14.2 Å². The number of methoxy groups -OCH3 is 2. The Kier molecular flexibility index (Phi) is 2.77. The second-order valence-corrected chi connectivity index (χ2v) is 5.22. The highest BCUT2D eigenvalue weighted by Gasteiger charge is 2.39. The third-order valence-corrected chi connectivity index (χ3v) is 4.35. The Morgan fingerprint density at radius 3 is 2.72 bits per heavy atom. The minimum atomic E-state index is 0.229. The summed E-state index contributed by atoms with van der Waals surface area (Å²) >= 11 is 0. The van der Waals surface area contributed by atoms with Crippen LogP contribution in [-0.4, -0.2) is 20.0 Å². The van der Waals surface area contributed by atoms with Crippen molar-refractivity contribution >= 4 is 5.78 Å². The van der Waals surface area contributed by atoms with Gasteiger partial charge in [0.25, 0.3) is 0 Å². The lowest BCUT2D eigenvalue weighted by molar-refractivity contribution is 0.0940. The first-order valence-electron chi connectivity index (χ1n) is 6.53. The normalized spacial score (nSPS) is 25.6. The van der Waals surface area contributed by atoms with Crippen LogP contribution in [0.5, 0.6) is 11.5 Å². The summed E-state index contributed by atoms with van der Waals surface area (Å²) in [5.41, 5.74) is 1.94. The zero-order chi connectivity index (χ0) is 12.7. The minimum Gasteiger partial charge on any atom is -0.497 e. The van der Waals surface area contributed by atoms with E-state index in [1.807, 2.05) is 12.1 Å². The molecule has 0 aliphatic heterocycles. The van der Waals surface area contributed by atoms with E-state index in [-0.39, 0.29) is 5.78 Å². The standard InChI is InChI=1S/C15H18O3/c1-17-10-7-12-11-5-3-4-9(11)6-13(16)15(12)14(8-10)18-2/h7-9,11H,3-6H2,1-2H3. The quantitative estimate of drug-likeness (QED) is 0.804. The molecule has 2 aliphatic carbocycles. The summed E-state index contributed by atoms with van der Waals surface area (Å²) in [4.78, 5) is 12.3. The fourth-order valence-electron chi connectivity index (χ4n) is 3.51. The van der Waals surface area contributed by atoms with Gasteiger partial charge >= 0.3 is 0 Å². The average molecular weight is 246 g/mol. The van der Waals surface area contributed by atoms with Gasteiger partial charge in [0.2, 0.25) is 0 Å². The van der Waals surface area contributed by atoms with Crippen molar-refractivity contribution < 1.29 is 14.3 Å². The summed E-state index contributed by atoms with van der Waals surface area (Å²) in [6.07, 6.45) is 4.26. The van der Waals surface area contributed by atoms with Gasteiger partial charge in [0, 0.05) is 12.5 Å². The SMILES string of the molecule is COc1cc(OC)c2c(c1)C1CCCC1CC2=O. The lowest BCUT2D eigenvalue weighted by Gasteiger charge is -2.28. The van der Waals surface area contributed by atoms with Crippen LogP contribution in [0.2, 0.25) is 0 Å². The van der Waals surface area contributed by atoms with Crippen LogP contribution in [0.1, 0.15) is 47.5 Å². The Hall–Kier alpha value is -1.51. The van der Waals surface area contributed by atoms with Crippen molar-refractivity contribution in [2.24, 2.45) is 5.92 Å². The highest BCUT2D eigenvalue weighted by Crippen LogP contribution is 2.49. The van der Waals surface area contributed by atoms with E-state index in [1.54, 1.807) is 14.2 Å². The maximum absolute atomic E-state index is 12.3. The van der Waals surface area contributed by atoms with Crippen LogP contribution in [0.3, 0.4) is 0 Å². The maximum atomic E-state index is 12.3. The molecule has 0 amide bonds. The van der Waals surface area contributed by atoms with Crippen LogP contribution >= 0.6 is 0 Å². The van der Waals surface area contributed by atoms with Gasteiger partial charge < -0.3 is 9.47 Å². The molecule has 0 saturated heterocycles. The van der Waals surface area contributed by atoms with Gasteiger partial charge in [0.15, 0.2) is 5.78 Å². The number of carbonyl (C=O) groups is 1. The molecular weight excluding hydrogens is 228 g/mol. The van der Waals surface area contributed by atoms with E-state index in [9.17, 15) is 4.79 Å². The summed E-state index contributed by atoms with van der Waals surface area (Å²) in [6.45, 7) is 0. The number of rotatable bonds is 2. The summed E-state index contributed by atoms with van der Waals surface area (Å²) in [6, 6.07) is 3.84. The smallest absolute Gasteiger partial charge is 0.167 e. The summed E-state index contributed by atoms with van der Waals surface area (Å²) in [5.74, 6) is 2.72. The first-order valence-corrected chi connectivity index (χ1v) is 6.53. The maximum Gasteiger partial charge on any atom is 0.167 e. The summed E-state index contributed by atoms with van der Waals surface area (Å²) in [7, 11) is 3.26. The van der Waals surface area contributed by atoms with Crippen LogP contribution in [0.25, 0.3) is 0 Å². The number of ketones is 1. The zero-order valence-corrected chi connectivity index (χ0v) is 10.9. The number of Topliss-reactive ketones (excluding diaryl/α,β-unsaturated/α-hetero) is 1. The molecule has 2 aliphatic rings. The fourth-order valence-corrected chi connectivity index (χ4v) is 3.51. The second-order valence-electron chi connectivity index (χ2n) is 5.22. The van der Waals surface area contributed by atoms with Gasteiger partial charge in [-0.3, -0.25) is 4.79 Å². The van der Waals surface area contributed by atoms with Gasteiger partial charge in [0.1, 0.15) is 11.5 Å². The lowest BCUT2D eigenvalue weighted by atomic mass is 9.76. The Bertz CT molecular complexity index is 493. The third-order valence-electron chi connectivity index (χ3n) is 4.35. The molecule has 1 saturated carbocycles. The molecule has 1 fully saturated rings. The highest BCUT2D eigenvalue weighted by molar-refractivity contribution is 6.02. The molecule has 0 bridgehead atoms. The predicted molar refractivity (Wildman–Crippen MR) is 68.6 cm³/mol. The molecule has 3 rings (SSSR count). The van der Waals surface area contributed by atoms with E-state index in [1.165, 1.54) is 19.3 Å². The van der Waals surface area contributed by atoms with E-state index in [4.69, 9.17) is 9.47 Å². The fraction of sp³-hybridized carbons (Fsp3) is 0.533. The van der Waals surface area contributed by atoms with Crippen LogP contribution in [-0.2, 0) is 0 Å². The first kappa shape index (κ1) is 11.6. The Morgan fingerprint density at radius 2 is 2.00 bits per heavy atom. The molecule has 2 unspecified atom stereocenters. The van der Waals surface area contributed by atoms with Gasteiger partial charge in [0.05, 0.1) is 19.8 Å². The van der Waals surface area contributed by atoms with Gasteiger partial charge in [-0.1, -0.05) is 6.42 Å². The Morgan fingerprint density at radius 1 is 1.17 bits per heavy atom. The minimum absolute atomic E-state index is 0.229. The molecule has 3 heteroatoms. The number of carbonyl (C=O) groups excluding carboxylic acids is 1. The van der Waals surface area contributed by atoms with Gasteiger partial charge in [-0.25, -0.2) is 0 Å². The average Bonchev–Trinajstić information content (AvgIpc) is 2.85. The summed E-state index contributed by atoms with van der Waals surface area (Å²) in [5, 5.41) is 0. The van der Waals surface area contributed by atoms with Crippen LogP contribution < -0.4 is 9.47 Å². The molecule has 2 atom stereocenters. The molecule has 3 nitrogen and oxygen atoms in total. The topological polar surface area (TPSA) is 35.5 Å². The van der Waals surface area contributed by atoms with E-state index >= 15 is 0 Å². The molecule has 0 radical (unpaired) electrons. The number of hydrogen-bond acceptors (Lipinski definition) is 3. The van der Waals surface area contributed by atoms with Crippen molar-refractivity contribution in [2.45, 2.75) is 31.6 Å². The van der Waals surface area contributed by atoms with Crippen molar-refractivity contribution in [3.05, 3.63) is 23.3 Å². The Balaban J connectivity index is 2.18. The van der Waals surface area contributed by atoms with E-state index in [0.29, 0.717) is 24.0 Å². The number of fused-ring (bicyclic) bond motifs is 3. The van der Waals surface area contributed by atoms with E-state index in [2.05, 4.69) is 0 Å². The van der Waals surface area contributed by atoms with Crippen LogP contribution in [0.4, 0.5) is 0 Å². The monoisotopic (exact) mass is 246 g/mol. The molecule has 96 valence electrons. The van der Waals surface area contributed by atoms with Crippen molar-refractivity contribution in [3.8, 4) is 11.5 Å². The largest absolute Gasteiger partial charge is 0.497 e. The molecule has 1 aromatic carbocycles. The molecule has 18 heavy (non-hydrogen) atoms. The van der Waals surface area contributed by atoms with Crippen LogP contribution in [0.15, 0.2) is 12.1 Å². The van der Waals surface area contributed by atoms with Crippen molar-refractivity contribution in [1.82, 2.24) is 0 Å². The number of hydrogen-bond donors (Lipinski definition) is 0. The van der Waals surface area contributed by atoms with E-state index < -0.39 is 0 Å². The van der Waals surface area contributed by atoms with Gasteiger partial charge in [-0.15, -0.1) is 0 Å². The van der Waals surface area contributed by atoms with Gasteiger partial charge in [-0.05, 0) is 36.3 Å². The molecule has 0 N–H and O–H groups in total. The van der Waals surface area contributed by atoms with E-state index in [0.717, 1.165) is 16.9 Å². The van der Waals surface area contributed by atoms with Crippen LogP contribution in [0, 0.1) is 5.92 Å². The zero-order valence-electron chi connectivity index (χ0n) is 10.9. The molecule has 1 aromatic rings. The van der Waals surface area contributed by atoms with Crippen molar-refractivity contribution in [1.29, 1.82) is 0 Å². The predicted octanol–water partition coefficient (Wildman–Crippen LogP) is 3.17. The third kappa shape index (κ3) is 1.61. The van der Waals surface area contributed by atoms with Crippen molar-refractivity contribution in [3.63, 3.8) is 0 Å². The molecule has 0 heterocycles. The highest BCUT2D eigenvalue weighted by atomic mass is 16.5. The molecule has 0 aromatic heterocycles. The second kappa shape index (κ2) is 4.30. The molecule has 0 spiro atoms. The molecular formula is C15H18O3. The lowest BCUT2D eigenvalue weighted by Crippen LogP contribution is -2.22. The number of ether oxygens (including phenoxy) is 2. The number of benzene rings is 1.